The highest BCUT2D eigenvalue weighted by molar-refractivity contribution is 9.58. The average Bonchev–Trinajstić information content (AvgIpc) is 2.46. The van der Waals surface area contributed by atoms with Gasteiger partial charge in [0, 0.05) is 12.7 Å². The van der Waals surface area contributed by atoms with Crippen LogP contribution in [0, 0.1) is 0 Å². The van der Waals surface area contributed by atoms with Crippen LogP contribution in [0.25, 0.3) is 0 Å². The van der Waals surface area contributed by atoms with Crippen molar-refractivity contribution in [3.63, 3.8) is 0 Å². The molecule has 0 saturated heterocycles. The van der Waals surface area contributed by atoms with Crippen molar-refractivity contribution in [1.82, 2.24) is 0 Å². The quantitative estimate of drug-likeness (QED) is 0.559. The Balaban J connectivity index is 2.07. The molecule has 0 fully saturated rings. The number of carbonyl (C=O) groups is 1. The van der Waals surface area contributed by atoms with Gasteiger partial charge in [0.1, 0.15) is 0 Å². The van der Waals surface area contributed by atoms with E-state index in [9.17, 15) is 4.79 Å². The van der Waals surface area contributed by atoms with Crippen LogP contribution in [0.2, 0.25) is 0 Å². The monoisotopic (exact) mass is 368 g/mol. The molecular weight excluding hydrogens is 352 g/mol. The summed E-state index contributed by atoms with van der Waals surface area (Å²) in [4.78, 5) is 21.3. The molecule has 0 radical (unpaired) electrons. The Morgan fingerprint density at radius 2 is 1.71 bits per heavy atom. The molecule has 0 N–H and O–H groups in total. The topological polar surface area (TPSA) is 35.5 Å². The first-order valence-electron chi connectivity index (χ1n) is 6.42. The average molecular weight is 369 g/mol. The number of hydrogen-bond acceptors (Lipinski definition) is 3. The van der Waals surface area contributed by atoms with Gasteiger partial charge in [0.15, 0.2) is 5.75 Å². The van der Waals surface area contributed by atoms with Crippen LogP contribution in [0.4, 0.5) is 0 Å². The van der Waals surface area contributed by atoms with Crippen LogP contribution in [0.15, 0.2) is 59.5 Å². The van der Waals surface area contributed by atoms with Gasteiger partial charge in [-0.05, 0) is 55.8 Å². The van der Waals surface area contributed by atoms with Crippen molar-refractivity contribution in [2.45, 2.75) is 17.6 Å². The van der Waals surface area contributed by atoms with Crippen LogP contribution in [0.5, 0.6) is 5.75 Å². The minimum absolute atomic E-state index is 0.473. The van der Waals surface area contributed by atoms with Gasteiger partial charge in [0.25, 0.3) is 0 Å². The number of carbonyl (C=O) groups excluding carboxylic acids is 1. The molecule has 2 aromatic rings. The van der Waals surface area contributed by atoms with Crippen LogP contribution in [0.3, 0.4) is 0 Å². The van der Waals surface area contributed by atoms with E-state index in [0.29, 0.717) is 5.75 Å². The van der Waals surface area contributed by atoms with Crippen molar-refractivity contribution in [2.24, 2.45) is 0 Å². The molecule has 2 aromatic carbocycles. The van der Waals surface area contributed by atoms with Crippen LogP contribution in [0.1, 0.15) is 12.5 Å². The smallest absolute Gasteiger partial charge is 0.287 e. The van der Waals surface area contributed by atoms with E-state index in [0.717, 1.165) is 5.75 Å². The first-order chi connectivity index (χ1) is 9.97. The van der Waals surface area contributed by atoms with Crippen molar-refractivity contribution < 1.29 is 14.6 Å². The first-order valence-corrected chi connectivity index (χ1v) is 10.5. The Bertz CT molecular complexity index is 597. The highest BCUT2D eigenvalue weighted by atomic mass is 79.9. The van der Waals surface area contributed by atoms with Crippen LogP contribution < -0.4 is 4.89 Å². The summed E-state index contributed by atoms with van der Waals surface area (Å²) in [6.07, 6.45) is 2.21. The van der Waals surface area contributed by atoms with E-state index >= 15 is 0 Å². The van der Waals surface area contributed by atoms with Crippen LogP contribution in [-0.2, 0) is 15.4 Å². The van der Waals surface area contributed by atoms with E-state index in [1.54, 1.807) is 12.1 Å². The van der Waals surface area contributed by atoms with Crippen molar-refractivity contribution in [2.75, 3.05) is 6.26 Å². The van der Waals surface area contributed by atoms with E-state index in [-0.39, 0.29) is 0 Å². The first kappa shape index (κ1) is 15.9. The third-order valence-electron chi connectivity index (χ3n) is 2.85. The van der Waals surface area contributed by atoms with Gasteiger partial charge in [0.05, 0.1) is 0 Å². The molecule has 5 heteroatoms. The molecule has 0 aliphatic rings. The molecule has 0 aliphatic heterocycles. The summed E-state index contributed by atoms with van der Waals surface area (Å²) in [5.41, 5.74) is 1.30. The second-order valence-corrected chi connectivity index (χ2v) is 11.7. The molecule has 21 heavy (non-hydrogen) atoms. The second-order valence-electron chi connectivity index (χ2n) is 4.74. The van der Waals surface area contributed by atoms with Gasteiger partial charge in [-0.3, -0.25) is 9.78 Å². The van der Waals surface area contributed by atoms with E-state index < -0.39 is 14.4 Å². The molecular formula is C16H17BrO3S. The van der Waals surface area contributed by atoms with Crippen LogP contribution >= 0.6 is 23.3 Å². The summed E-state index contributed by atoms with van der Waals surface area (Å²) in [5, 5.41) is 0. The fraction of sp³-hybridized carbons (Fsp3) is 0.188. The molecule has 1 atom stereocenters. The fourth-order valence-electron chi connectivity index (χ4n) is 1.86. The SMILES string of the molecule is CC(=O)OOc1ccc(S(C)(Br)Cc2ccccc2)cc1. The zero-order valence-corrected chi connectivity index (χ0v) is 14.3. The van der Waals surface area contributed by atoms with Gasteiger partial charge in [-0.15, -0.1) is 0 Å². The minimum atomic E-state index is -1.11. The largest absolute Gasteiger partial charge is 0.352 e. The van der Waals surface area contributed by atoms with Crippen molar-refractivity contribution in [3.05, 3.63) is 60.2 Å². The number of hydrogen-bond donors (Lipinski definition) is 0. The van der Waals surface area contributed by atoms with Gasteiger partial charge in [-0.1, -0.05) is 30.3 Å². The summed E-state index contributed by atoms with van der Waals surface area (Å²) >= 11 is 3.87. The van der Waals surface area contributed by atoms with Gasteiger partial charge in [-0.25, -0.2) is 4.79 Å². The Kier molecular flexibility index (Phi) is 5.31. The molecule has 0 amide bonds. The maximum atomic E-state index is 10.7. The standard InChI is InChI=1S/C16H17BrO3S/c1-13(18)19-20-15-8-10-16(11-9-15)21(2,17)12-14-6-4-3-5-7-14/h3-11H,12H2,1-2H3. The molecule has 0 aliphatic carbocycles. The normalized spacial score (nSPS) is 14.8. The van der Waals surface area contributed by atoms with Crippen molar-refractivity contribution in [1.29, 1.82) is 0 Å². The maximum Gasteiger partial charge on any atom is 0.352 e. The Hall–Kier alpha value is -1.46. The summed E-state index contributed by atoms with van der Waals surface area (Å²) in [5.74, 6) is 0.994. The Morgan fingerprint density at radius 1 is 1.10 bits per heavy atom. The van der Waals surface area contributed by atoms with E-state index in [4.69, 9.17) is 4.89 Å². The highest BCUT2D eigenvalue weighted by Crippen LogP contribution is 2.61. The Labute approximate surface area is 133 Å². The lowest BCUT2D eigenvalue weighted by Gasteiger charge is -2.29. The zero-order chi connectivity index (χ0) is 15.3. The van der Waals surface area contributed by atoms with E-state index in [1.165, 1.54) is 17.4 Å². The van der Waals surface area contributed by atoms with E-state index in [2.05, 4.69) is 38.1 Å². The number of halogens is 1. The predicted molar refractivity (Wildman–Crippen MR) is 89.7 cm³/mol. The van der Waals surface area contributed by atoms with Crippen LogP contribution in [-0.4, -0.2) is 12.2 Å². The molecule has 1 unspecified atom stereocenters. The molecule has 0 heterocycles. The molecule has 0 aromatic heterocycles. The molecule has 0 bridgehead atoms. The lowest BCUT2D eigenvalue weighted by atomic mass is 10.2. The zero-order valence-electron chi connectivity index (χ0n) is 11.9. The summed E-state index contributed by atoms with van der Waals surface area (Å²) in [6, 6.07) is 18.0. The number of rotatable bonds is 5. The van der Waals surface area contributed by atoms with Gasteiger partial charge in [-0.2, -0.15) is 8.46 Å². The third-order valence-corrected chi connectivity index (χ3v) is 6.79. The van der Waals surface area contributed by atoms with Crippen molar-refractivity contribution >= 4 is 29.2 Å². The van der Waals surface area contributed by atoms with Crippen molar-refractivity contribution in [3.8, 4) is 5.75 Å². The van der Waals surface area contributed by atoms with Gasteiger partial charge < -0.3 is 0 Å². The molecule has 2 rings (SSSR count). The maximum absolute atomic E-state index is 10.7. The molecule has 112 valence electrons. The highest BCUT2D eigenvalue weighted by Gasteiger charge is 2.18. The molecule has 0 saturated carbocycles. The lowest BCUT2D eigenvalue weighted by molar-refractivity contribution is -0.210. The summed E-state index contributed by atoms with van der Waals surface area (Å²) in [6.45, 7) is 1.30. The Morgan fingerprint density at radius 3 is 2.29 bits per heavy atom. The second kappa shape index (κ2) is 7.00. The fourth-order valence-corrected chi connectivity index (χ4v) is 4.99. The predicted octanol–water partition coefficient (Wildman–Crippen LogP) is 4.85. The minimum Gasteiger partial charge on any atom is -0.287 e. The molecule has 0 spiro atoms. The number of benzene rings is 2. The lowest BCUT2D eigenvalue weighted by Crippen LogP contribution is -2.02. The summed E-state index contributed by atoms with van der Waals surface area (Å²) in [7, 11) is -1.11. The van der Waals surface area contributed by atoms with Gasteiger partial charge in [0.2, 0.25) is 0 Å². The summed E-state index contributed by atoms with van der Waals surface area (Å²) < 4.78 is 0. The molecule has 3 nitrogen and oxygen atoms in total. The van der Waals surface area contributed by atoms with Gasteiger partial charge >= 0.3 is 5.97 Å². The van der Waals surface area contributed by atoms with E-state index in [1.807, 2.05) is 30.3 Å². The third kappa shape index (κ3) is 4.79.